The van der Waals surface area contributed by atoms with Crippen molar-refractivity contribution in [3.8, 4) is 0 Å². The van der Waals surface area contributed by atoms with Gasteiger partial charge in [0.15, 0.2) is 0 Å². The first-order valence-corrected chi connectivity index (χ1v) is 15.2. The molecule has 0 spiro atoms. The molecule has 8 nitrogen and oxygen atoms in total. The number of fused-ring (bicyclic) bond motifs is 1. The summed E-state index contributed by atoms with van der Waals surface area (Å²) in [6, 6.07) is 18.2. The van der Waals surface area contributed by atoms with E-state index in [4.69, 9.17) is 4.74 Å². The van der Waals surface area contributed by atoms with Crippen LogP contribution in [-0.2, 0) is 39.1 Å². The molecule has 0 bridgehead atoms. The Morgan fingerprint density at radius 1 is 0.975 bits per heavy atom. The van der Waals surface area contributed by atoms with Crippen molar-refractivity contribution in [2.45, 2.75) is 51.2 Å². The van der Waals surface area contributed by atoms with Gasteiger partial charge in [0.05, 0.1) is 17.5 Å². The summed E-state index contributed by atoms with van der Waals surface area (Å²) in [4.78, 5) is 17.8. The number of rotatable bonds is 11. The van der Waals surface area contributed by atoms with Crippen LogP contribution in [0.4, 0.5) is 0 Å². The summed E-state index contributed by atoms with van der Waals surface area (Å²) in [5.74, 6) is -0.0849. The summed E-state index contributed by atoms with van der Waals surface area (Å²) in [6.45, 7) is 7.97. The van der Waals surface area contributed by atoms with E-state index in [1.165, 1.54) is 15.6 Å². The highest BCUT2D eigenvalue weighted by Gasteiger charge is 2.32. The van der Waals surface area contributed by atoms with Gasteiger partial charge in [-0.25, -0.2) is 8.42 Å². The van der Waals surface area contributed by atoms with Gasteiger partial charge in [-0.3, -0.25) is 4.79 Å². The van der Waals surface area contributed by atoms with Crippen molar-refractivity contribution < 1.29 is 17.9 Å². The third kappa shape index (κ3) is 6.66. The minimum absolute atomic E-state index is 0.0849. The van der Waals surface area contributed by atoms with Crippen molar-refractivity contribution in [2.24, 2.45) is 0 Å². The number of aromatic nitrogens is 1. The fourth-order valence-corrected chi connectivity index (χ4v) is 7.27. The van der Waals surface area contributed by atoms with Crippen molar-refractivity contribution in [1.29, 1.82) is 0 Å². The third-order valence-electron chi connectivity index (χ3n) is 7.51. The molecule has 1 aromatic heterocycles. The number of sulfonamides is 1. The number of nitrogens with zero attached hydrogens (tertiary/aromatic N) is 4. The predicted molar refractivity (Wildman–Crippen MR) is 158 cm³/mol. The maximum absolute atomic E-state index is 13.4. The summed E-state index contributed by atoms with van der Waals surface area (Å²) in [6.07, 6.45) is 0.716. The summed E-state index contributed by atoms with van der Waals surface area (Å²) >= 11 is 0. The molecular weight excluding hydrogens is 524 g/mol. The van der Waals surface area contributed by atoms with Crippen LogP contribution in [0.15, 0.2) is 59.5 Å². The van der Waals surface area contributed by atoms with Crippen LogP contribution in [0.5, 0.6) is 0 Å². The van der Waals surface area contributed by atoms with E-state index in [9.17, 15) is 13.2 Å². The van der Waals surface area contributed by atoms with Crippen LogP contribution in [0.1, 0.15) is 39.7 Å². The molecule has 2 aromatic carbocycles. The van der Waals surface area contributed by atoms with E-state index in [0.29, 0.717) is 17.9 Å². The molecule has 0 aliphatic carbocycles. The van der Waals surface area contributed by atoms with E-state index in [-0.39, 0.29) is 31.7 Å². The smallest absolute Gasteiger partial charge is 0.249 e. The minimum Gasteiger partial charge on any atom is -0.370 e. The van der Waals surface area contributed by atoms with Crippen molar-refractivity contribution in [3.05, 3.63) is 88.2 Å². The fraction of sp³-hybridized carbons (Fsp3) is 0.452. The van der Waals surface area contributed by atoms with Gasteiger partial charge in [0.1, 0.15) is 6.61 Å². The van der Waals surface area contributed by atoms with Gasteiger partial charge in [0.25, 0.3) is 0 Å². The Balaban J connectivity index is 1.41. The van der Waals surface area contributed by atoms with Crippen molar-refractivity contribution in [2.75, 3.05) is 47.4 Å². The molecular formula is C31H42N4O4S. The van der Waals surface area contributed by atoms with Crippen molar-refractivity contribution >= 4 is 15.9 Å². The second-order valence-corrected chi connectivity index (χ2v) is 13.0. The van der Waals surface area contributed by atoms with Gasteiger partial charge >= 0.3 is 0 Å². The van der Waals surface area contributed by atoms with Crippen molar-refractivity contribution in [1.82, 2.24) is 18.7 Å². The number of carbonyl (C=O) groups excluding carboxylic acids is 1. The number of carbonyl (C=O) groups is 1. The van der Waals surface area contributed by atoms with Crippen molar-refractivity contribution in [3.63, 3.8) is 0 Å². The highest BCUT2D eigenvalue weighted by Crippen LogP contribution is 2.31. The average Bonchev–Trinajstić information content (AvgIpc) is 3.28. The van der Waals surface area contributed by atoms with Crippen LogP contribution in [0.25, 0.3) is 0 Å². The summed E-state index contributed by atoms with van der Waals surface area (Å²) in [5, 5.41) is 0. The molecule has 1 aliphatic heterocycles. The van der Waals surface area contributed by atoms with Crippen LogP contribution in [0.2, 0.25) is 0 Å². The molecule has 216 valence electrons. The number of ether oxygens (including phenoxy) is 1. The average molecular weight is 567 g/mol. The van der Waals surface area contributed by atoms with Gasteiger partial charge in [-0.15, -0.1) is 0 Å². The molecule has 1 unspecified atom stereocenters. The van der Waals surface area contributed by atoms with E-state index in [1.54, 1.807) is 7.05 Å². The van der Waals surface area contributed by atoms with E-state index in [2.05, 4.69) is 47.8 Å². The quantitative estimate of drug-likeness (QED) is 0.329. The predicted octanol–water partition coefficient (Wildman–Crippen LogP) is 3.94. The second-order valence-electron chi connectivity index (χ2n) is 11.0. The van der Waals surface area contributed by atoms with Gasteiger partial charge in [0.2, 0.25) is 15.9 Å². The third-order valence-corrected chi connectivity index (χ3v) is 9.67. The molecule has 1 amide bonds. The molecule has 3 aromatic rings. The fourth-order valence-electron chi connectivity index (χ4n) is 5.71. The van der Waals surface area contributed by atoms with E-state index >= 15 is 0 Å². The van der Waals surface area contributed by atoms with Crippen LogP contribution >= 0.6 is 0 Å². The minimum atomic E-state index is -3.67. The molecule has 0 saturated carbocycles. The summed E-state index contributed by atoms with van der Waals surface area (Å²) < 4.78 is 35.9. The molecule has 0 saturated heterocycles. The molecule has 0 radical (unpaired) electrons. The Labute approximate surface area is 239 Å². The van der Waals surface area contributed by atoms with Crippen LogP contribution in [0, 0.1) is 20.8 Å². The van der Waals surface area contributed by atoms with E-state index < -0.39 is 10.0 Å². The second kappa shape index (κ2) is 12.7. The number of aryl methyl sites for hydroxylation is 3. The lowest BCUT2D eigenvalue weighted by Gasteiger charge is -2.38. The van der Waals surface area contributed by atoms with Gasteiger partial charge < -0.3 is 19.1 Å². The number of likely N-dealkylation sites (N-methyl/N-ethyl adjacent to an activating group) is 1. The summed E-state index contributed by atoms with van der Waals surface area (Å²) in [5.41, 5.74) is 6.04. The Hall–Kier alpha value is -2.98. The molecule has 2 heterocycles. The van der Waals surface area contributed by atoms with Crippen LogP contribution in [0.3, 0.4) is 0 Å². The molecule has 1 atom stereocenters. The molecule has 40 heavy (non-hydrogen) atoms. The zero-order valence-corrected chi connectivity index (χ0v) is 25.4. The lowest BCUT2D eigenvalue weighted by atomic mass is 10.00. The highest BCUT2D eigenvalue weighted by molar-refractivity contribution is 7.89. The maximum Gasteiger partial charge on any atom is 0.249 e. The van der Waals surface area contributed by atoms with E-state index in [0.717, 1.165) is 35.5 Å². The van der Waals surface area contributed by atoms with Gasteiger partial charge in [0, 0.05) is 44.6 Å². The molecule has 0 fully saturated rings. The normalized spacial score (nSPS) is 15.6. The molecule has 1 aliphatic rings. The van der Waals surface area contributed by atoms with E-state index in [1.807, 2.05) is 56.0 Å². The van der Waals surface area contributed by atoms with Gasteiger partial charge in [-0.2, -0.15) is 4.31 Å². The number of hydrogen-bond donors (Lipinski definition) is 0. The first-order chi connectivity index (χ1) is 19.0. The maximum atomic E-state index is 13.4. The summed E-state index contributed by atoms with van der Waals surface area (Å²) in [7, 11) is 2.00. The first kappa shape index (κ1) is 30.0. The lowest BCUT2D eigenvalue weighted by Crippen LogP contribution is -2.45. The Kier molecular flexibility index (Phi) is 9.51. The topological polar surface area (TPSA) is 75.1 Å². The number of amides is 1. The first-order valence-electron chi connectivity index (χ1n) is 13.8. The molecule has 4 rings (SSSR count). The van der Waals surface area contributed by atoms with Crippen LogP contribution < -0.4 is 0 Å². The zero-order chi connectivity index (χ0) is 29.0. The monoisotopic (exact) mass is 566 g/mol. The van der Waals surface area contributed by atoms with Crippen LogP contribution in [-0.4, -0.2) is 80.4 Å². The lowest BCUT2D eigenvalue weighted by molar-refractivity contribution is -0.139. The van der Waals surface area contributed by atoms with Gasteiger partial charge in [-0.05, 0) is 70.1 Å². The van der Waals surface area contributed by atoms with Gasteiger partial charge in [-0.1, -0.05) is 48.0 Å². The Morgan fingerprint density at radius 3 is 2.30 bits per heavy atom. The molecule has 9 heteroatoms. The SMILES string of the molecule is Cc1cc(C)c(S(=O)(=O)N(C)CCOCC(=O)N2CCn3c(CN(C)C)ccc3C2Cc2ccccc2)c(C)c1. The number of benzene rings is 2. The standard InChI is InChI=1S/C31H42N4O4S/c1-23-18-24(2)31(25(3)19-23)40(37,38)33(6)16-17-39-22-30(36)35-15-14-34-27(21-32(4)5)12-13-28(34)29(35)20-26-10-8-7-9-11-26/h7-13,18-19,29H,14-17,20-22H2,1-6H3. The Bertz CT molecular complexity index is 1410. The largest absolute Gasteiger partial charge is 0.370 e. The zero-order valence-electron chi connectivity index (χ0n) is 24.6. The highest BCUT2D eigenvalue weighted by atomic mass is 32.2. The molecule has 0 N–H and O–H groups in total. The Morgan fingerprint density at radius 2 is 1.65 bits per heavy atom. The number of hydrogen-bond acceptors (Lipinski definition) is 5.